The monoisotopic (exact) mass is 207 g/mol. The number of primary amides is 1. The van der Waals surface area contributed by atoms with E-state index in [9.17, 15) is 4.79 Å². The minimum Gasteiger partial charge on any atom is -0.497 e. The molecule has 0 heterocycles. The van der Waals surface area contributed by atoms with Crippen molar-refractivity contribution in [3.05, 3.63) is 29.8 Å². The Morgan fingerprint density at radius 3 is 2.13 bits per heavy atom. The van der Waals surface area contributed by atoms with Gasteiger partial charge in [-0.3, -0.25) is 4.79 Å². The molecule has 4 heteroatoms. The summed E-state index contributed by atoms with van der Waals surface area (Å²) in [4.78, 5) is 10.6. The highest BCUT2D eigenvalue weighted by molar-refractivity contribution is 5.90. The van der Waals surface area contributed by atoms with Crippen molar-refractivity contribution in [2.75, 3.05) is 14.2 Å². The van der Waals surface area contributed by atoms with E-state index in [4.69, 9.17) is 15.2 Å². The highest BCUT2D eigenvalue weighted by Gasteiger charge is 1.99. The molecule has 0 aliphatic carbocycles. The molecule has 1 rings (SSSR count). The number of carbonyl (C=O) groups excluding carboxylic acids is 1. The van der Waals surface area contributed by atoms with Crippen LogP contribution in [-0.2, 0) is 4.79 Å². The Labute approximate surface area is 88.3 Å². The molecule has 0 spiro atoms. The van der Waals surface area contributed by atoms with Crippen molar-refractivity contribution in [1.82, 2.24) is 0 Å². The fourth-order valence-corrected chi connectivity index (χ4v) is 1.10. The summed E-state index contributed by atoms with van der Waals surface area (Å²) in [5.41, 5.74) is 5.79. The number of carbonyl (C=O) groups is 1. The summed E-state index contributed by atoms with van der Waals surface area (Å²) in [6.07, 6.45) is 2.89. The lowest BCUT2D eigenvalue weighted by Gasteiger charge is -2.05. The topological polar surface area (TPSA) is 61.5 Å². The number of methoxy groups -OCH3 is 2. The summed E-state index contributed by atoms with van der Waals surface area (Å²) in [7, 11) is 3.13. The van der Waals surface area contributed by atoms with Crippen LogP contribution in [-0.4, -0.2) is 20.1 Å². The molecule has 0 saturated heterocycles. The molecule has 15 heavy (non-hydrogen) atoms. The van der Waals surface area contributed by atoms with Gasteiger partial charge in [0.1, 0.15) is 11.5 Å². The van der Waals surface area contributed by atoms with Crippen molar-refractivity contribution in [1.29, 1.82) is 0 Å². The predicted octanol–water partition coefficient (Wildman–Crippen LogP) is 1.20. The smallest absolute Gasteiger partial charge is 0.241 e. The first-order chi connectivity index (χ1) is 7.15. The van der Waals surface area contributed by atoms with Gasteiger partial charge in [-0.15, -0.1) is 0 Å². The zero-order valence-electron chi connectivity index (χ0n) is 8.69. The first kappa shape index (κ1) is 11.1. The maximum absolute atomic E-state index is 10.6. The van der Waals surface area contributed by atoms with E-state index < -0.39 is 5.91 Å². The van der Waals surface area contributed by atoms with Crippen molar-refractivity contribution in [2.24, 2.45) is 5.73 Å². The third-order valence-electron chi connectivity index (χ3n) is 1.81. The number of ether oxygens (including phenoxy) is 2. The lowest BCUT2D eigenvalue weighted by molar-refractivity contribution is -0.113. The quantitative estimate of drug-likeness (QED) is 0.754. The van der Waals surface area contributed by atoms with E-state index in [-0.39, 0.29) is 0 Å². The van der Waals surface area contributed by atoms with Gasteiger partial charge >= 0.3 is 0 Å². The highest BCUT2D eigenvalue weighted by Crippen LogP contribution is 2.23. The lowest BCUT2D eigenvalue weighted by atomic mass is 10.2. The average molecular weight is 207 g/mol. The van der Waals surface area contributed by atoms with Crippen molar-refractivity contribution in [2.45, 2.75) is 0 Å². The molecule has 0 bridgehead atoms. The molecule has 1 aromatic rings. The average Bonchev–Trinajstić information content (AvgIpc) is 2.25. The molecule has 0 aliphatic heterocycles. The second-order valence-corrected chi connectivity index (χ2v) is 2.88. The molecule has 0 unspecified atom stereocenters. The van der Waals surface area contributed by atoms with Crippen LogP contribution in [0.4, 0.5) is 0 Å². The van der Waals surface area contributed by atoms with E-state index in [1.807, 2.05) is 0 Å². The molecule has 0 atom stereocenters. The second kappa shape index (κ2) is 5.05. The molecule has 1 aromatic carbocycles. The van der Waals surface area contributed by atoms with Crippen LogP contribution in [0.5, 0.6) is 11.5 Å². The normalized spacial score (nSPS) is 10.3. The largest absolute Gasteiger partial charge is 0.497 e. The lowest BCUT2D eigenvalue weighted by Crippen LogP contribution is -2.05. The fourth-order valence-electron chi connectivity index (χ4n) is 1.10. The molecule has 0 aromatic heterocycles. The van der Waals surface area contributed by atoms with Crippen LogP contribution in [0.3, 0.4) is 0 Å². The number of nitrogens with two attached hydrogens (primary N) is 1. The van der Waals surface area contributed by atoms with Crippen LogP contribution >= 0.6 is 0 Å². The fraction of sp³-hybridized carbons (Fsp3) is 0.182. The van der Waals surface area contributed by atoms with Crippen LogP contribution in [0.25, 0.3) is 6.08 Å². The Morgan fingerprint density at radius 2 is 1.73 bits per heavy atom. The molecular formula is C11H13NO3. The van der Waals surface area contributed by atoms with Crippen molar-refractivity contribution in [3.8, 4) is 11.5 Å². The molecule has 1 amide bonds. The van der Waals surface area contributed by atoms with Gasteiger partial charge < -0.3 is 15.2 Å². The molecule has 0 saturated carbocycles. The summed E-state index contributed by atoms with van der Waals surface area (Å²) in [6, 6.07) is 5.31. The van der Waals surface area contributed by atoms with Gasteiger partial charge in [0, 0.05) is 12.1 Å². The Hall–Kier alpha value is -1.97. The van der Waals surface area contributed by atoms with E-state index in [0.29, 0.717) is 11.5 Å². The standard InChI is InChI=1S/C11H13NO3/c1-14-9-5-8(3-4-11(12)13)6-10(7-9)15-2/h3-7H,1-2H3,(H2,12,13). The second-order valence-electron chi connectivity index (χ2n) is 2.88. The minimum absolute atomic E-state index is 0.489. The maximum atomic E-state index is 10.6. The van der Waals surface area contributed by atoms with Crippen molar-refractivity contribution in [3.63, 3.8) is 0 Å². The SMILES string of the molecule is COc1cc(C=CC(N)=O)cc(OC)c1. The number of hydrogen-bond donors (Lipinski definition) is 1. The van der Waals surface area contributed by atoms with Crippen molar-refractivity contribution >= 4 is 12.0 Å². The van der Waals surface area contributed by atoms with E-state index >= 15 is 0 Å². The number of rotatable bonds is 4. The third kappa shape index (κ3) is 3.34. The zero-order chi connectivity index (χ0) is 11.3. The molecule has 0 radical (unpaired) electrons. The van der Waals surface area contributed by atoms with Gasteiger partial charge in [-0.25, -0.2) is 0 Å². The van der Waals surface area contributed by atoms with Gasteiger partial charge in [-0.2, -0.15) is 0 Å². The van der Waals surface area contributed by atoms with Gasteiger partial charge in [-0.1, -0.05) is 0 Å². The van der Waals surface area contributed by atoms with Crippen LogP contribution in [0.15, 0.2) is 24.3 Å². The Bertz CT molecular complexity index is 363. The maximum Gasteiger partial charge on any atom is 0.241 e. The summed E-state index contributed by atoms with van der Waals surface area (Å²) in [5, 5.41) is 0. The third-order valence-corrected chi connectivity index (χ3v) is 1.81. The summed E-state index contributed by atoms with van der Waals surface area (Å²) < 4.78 is 10.1. The summed E-state index contributed by atoms with van der Waals surface area (Å²) in [5.74, 6) is 0.841. The Balaban J connectivity index is 3.01. The predicted molar refractivity (Wildman–Crippen MR) is 57.8 cm³/mol. The molecule has 0 aliphatic rings. The highest BCUT2D eigenvalue weighted by atomic mass is 16.5. The van der Waals surface area contributed by atoms with Crippen molar-refractivity contribution < 1.29 is 14.3 Å². The molecule has 0 fully saturated rings. The van der Waals surface area contributed by atoms with Gasteiger partial charge in [-0.05, 0) is 23.8 Å². The molecule has 80 valence electrons. The first-order valence-corrected chi connectivity index (χ1v) is 4.36. The number of hydrogen-bond acceptors (Lipinski definition) is 3. The van der Waals surface area contributed by atoms with Gasteiger partial charge in [0.15, 0.2) is 0 Å². The van der Waals surface area contributed by atoms with Gasteiger partial charge in [0.2, 0.25) is 5.91 Å². The van der Waals surface area contributed by atoms with Crippen LogP contribution in [0, 0.1) is 0 Å². The molecular weight excluding hydrogens is 194 g/mol. The number of benzene rings is 1. The van der Waals surface area contributed by atoms with Gasteiger partial charge in [0.05, 0.1) is 14.2 Å². The van der Waals surface area contributed by atoms with E-state index in [1.54, 1.807) is 38.5 Å². The number of amides is 1. The van der Waals surface area contributed by atoms with Crippen LogP contribution < -0.4 is 15.2 Å². The van der Waals surface area contributed by atoms with Gasteiger partial charge in [0.25, 0.3) is 0 Å². The summed E-state index contributed by atoms with van der Waals surface area (Å²) in [6.45, 7) is 0. The van der Waals surface area contributed by atoms with E-state index in [1.165, 1.54) is 6.08 Å². The van der Waals surface area contributed by atoms with Crippen LogP contribution in [0.2, 0.25) is 0 Å². The van der Waals surface area contributed by atoms with E-state index in [2.05, 4.69) is 0 Å². The minimum atomic E-state index is -0.489. The van der Waals surface area contributed by atoms with E-state index in [0.717, 1.165) is 5.56 Å². The first-order valence-electron chi connectivity index (χ1n) is 4.36. The summed E-state index contributed by atoms with van der Waals surface area (Å²) >= 11 is 0. The zero-order valence-corrected chi connectivity index (χ0v) is 8.69. The van der Waals surface area contributed by atoms with Crippen LogP contribution in [0.1, 0.15) is 5.56 Å². The molecule has 2 N–H and O–H groups in total. The Kier molecular flexibility index (Phi) is 3.74. The Morgan fingerprint density at radius 1 is 1.20 bits per heavy atom. The molecule has 4 nitrogen and oxygen atoms in total.